The third kappa shape index (κ3) is 3.23. The van der Waals surface area contributed by atoms with Gasteiger partial charge in [-0.2, -0.15) is 5.10 Å². The fourth-order valence-electron chi connectivity index (χ4n) is 2.76. The van der Waals surface area contributed by atoms with Crippen LogP contribution in [-0.2, 0) is 7.05 Å². The number of fused-ring (bicyclic) bond motifs is 1. The number of nitrogens with one attached hydrogen (secondary N) is 1. The smallest absolute Gasteiger partial charge is 0.256 e. The van der Waals surface area contributed by atoms with Crippen LogP contribution >= 0.6 is 15.9 Å². The SMILES string of the molecule is Cn1nc(-c2ccccc2)cc1NC(=O)c1ccc2cc(Br)cnc2c1. The van der Waals surface area contributed by atoms with Crippen LogP contribution in [-0.4, -0.2) is 20.7 Å². The first-order valence-electron chi connectivity index (χ1n) is 8.06. The van der Waals surface area contributed by atoms with E-state index >= 15 is 0 Å². The third-order valence-electron chi connectivity index (χ3n) is 4.10. The van der Waals surface area contributed by atoms with E-state index in [2.05, 4.69) is 31.3 Å². The van der Waals surface area contributed by atoms with Crippen molar-refractivity contribution in [3.63, 3.8) is 0 Å². The van der Waals surface area contributed by atoms with E-state index < -0.39 is 0 Å². The van der Waals surface area contributed by atoms with E-state index in [0.717, 1.165) is 26.6 Å². The molecule has 5 nitrogen and oxygen atoms in total. The molecule has 2 heterocycles. The Morgan fingerprint density at radius 2 is 1.88 bits per heavy atom. The number of aromatic nitrogens is 3. The molecule has 0 spiro atoms. The monoisotopic (exact) mass is 406 g/mol. The second-order valence-electron chi connectivity index (χ2n) is 5.92. The number of benzene rings is 2. The quantitative estimate of drug-likeness (QED) is 0.538. The Bertz CT molecular complexity index is 1110. The van der Waals surface area contributed by atoms with Crippen LogP contribution in [0.25, 0.3) is 22.2 Å². The van der Waals surface area contributed by atoms with E-state index in [1.807, 2.05) is 55.6 Å². The first kappa shape index (κ1) is 16.5. The van der Waals surface area contributed by atoms with Crippen LogP contribution in [0.2, 0.25) is 0 Å². The fourth-order valence-corrected chi connectivity index (χ4v) is 3.11. The molecule has 1 amide bonds. The lowest BCUT2D eigenvalue weighted by Gasteiger charge is -2.06. The number of rotatable bonds is 3. The van der Waals surface area contributed by atoms with Gasteiger partial charge in [-0.25, -0.2) is 0 Å². The van der Waals surface area contributed by atoms with Crippen molar-refractivity contribution in [1.29, 1.82) is 0 Å². The Morgan fingerprint density at radius 1 is 1.08 bits per heavy atom. The lowest BCUT2D eigenvalue weighted by Crippen LogP contribution is -2.14. The normalized spacial score (nSPS) is 10.8. The fraction of sp³-hybridized carbons (Fsp3) is 0.0500. The number of aryl methyl sites for hydroxylation is 1. The van der Waals surface area contributed by atoms with Gasteiger partial charge in [0.15, 0.2) is 0 Å². The average Bonchev–Trinajstić information content (AvgIpc) is 3.02. The molecule has 2 aromatic heterocycles. The maximum absolute atomic E-state index is 12.6. The third-order valence-corrected chi connectivity index (χ3v) is 4.54. The number of halogens is 1. The highest BCUT2D eigenvalue weighted by molar-refractivity contribution is 9.10. The standard InChI is InChI=1S/C20H15BrN4O/c1-25-19(11-18(24-25)13-5-3-2-4-6-13)23-20(26)15-8-7-14-9-16(21)12-22-17(14)10-15/h2-12H,1H3,(H,23,26). The maximum Gasteiger partial charge on any atom is 0.256 e. The predicted molar refractivity (Wildman–Crippen MR) is 106 cm³/mol. The molecule has 0 bridgehead atoms. The molecule has 0 aliphatic heterocycles. The van der Waals surface area contributed by atoms with Crippen LogP contribution in [0.3, 0.4) is 0 Å². The van der Waals surface area contributed by atoms with Gasteiger partial charge < -0.3 is 5.32 Å². The molecule has 0 atom stereocenters. The number of hydrogen-bond donors (Lipinski definition) is 1. The van der Waals surface area contributed by atoms with Crippen molar-refractivity contribution in [2.24, 2.45) is 7.05 Å². The molecule has 4 aromatic rings. The van der Waals surface area contributed by atoms with Gasteiger partial charge in [-0.15, -0.1) is 0 Å². The van der Waals surface area contributed by atoms with Crippen LogP contribution in [0.15, 0.2) is 71.3 Å². The van der Waals surface area contributed by atoms with Gasteiger partial charge in [0.25, 0.3) is 5.91 Å². The highest BCUT2D eigenvalue weighted by Crippen LogP contribution is 2.22. The van der Waals surface area contributed by atoms with Crippen molar-refractivity contribution in [3.8, 4) is 11.3 Å². The second-order valence-corrected chi connectivity index (χ2v) is 6.84. The van der Waals surface area contributed by atoms with Gasteiger partial charge in [0.2, 0.25) is 0 Å². The summed E-state index contributed by atoms with van der Waals surface area (Å²) in [5, 5.41) is 8.36. The highest BCUT2D eigenvalue weighted by atomic mass is 79.9. The van der Waals surface area contributed by atoms with Gasteiger partial charge in [0.1, 0.15) is 5.82 Å². The van der Waals surface area contributed by atoms with Gasteiger partial charge in [-0.1, -0.05) is 36.4 Å². The number of amides is 1. The summed E-state index contributed by atoms with van der Waals surface area (Å²) in [6.07, 6.45) is 1.72. The van der Waals surface area contributed by atoms with Gasteiger partial charge in [0, 0.05) is 40.3 Å². The van der Waals surface area contributed by atoms with Crippen molar-refractivity contribution < 1.29 is 4.79 Å². The summed E-state index contributed by atoms with van der Waals surface area (Å²) in [6.45, 7) is 0. The first-order valence-corrected chi connectivity index (χ1v) is 8.85. The summed E-state index contributed by atoms with van der Waals surface area (Å²) in [4.78, 5) is 17.0. The first-order chi connectivity index (χ1) is 12.6. The van der Waals surface area contributed by atoms with Crippen molar-refractivity contribution >= 4 is 38.6 Å². The zero-order chi connectivity index (χ0) is 18.1. The Labute approximate surface area is 158 Å². The molecule has 6 heteroatoms. The van der Waals surface area contributed by atoms with Gasteiger partial charge in [-0.05, 0) is 34.1 Å². The molecule has 0 radical (unpaired) electrons. The van der Waals surface area contributed by atoms with E-state index in [0.29, 0.717) is 11.4 Å². The number of pyridine rings is 1. The Hall–Kier alpha value is -2.99. The summed E-state index contributed by atoms with van der Waals surface area (Å²) in [7, 11) is 1.81. The summed E-state index contributed by atoms with van der Waals surface area (Å²) in [5.74, 6) is 0.442. The van der Waals surface area contributed by atoms with Gasteiger partial charge in [0.05, 0.1) is 11.2 Å². The topological polar surface area (TPSA) is 59.8 Å². The minimum atomic E-state index is -0.195. The molecule has 0 aliphatic rings. The number of carbonyl (C=O) groups excluding carboxylic acids is 1. The summed E-state index contributed by atoms with van der Waals surface area (Å²) in [5.41, 5.74) is 3.14. The zero-order valence-corrected chi connectivity index (χ0v) is 15.6. The van der Waals surface area contributed by atoms with Crippen LogP contribution in [0.4, 0.5) is 5.82 Å². The maximum atomic E-state index is 12.6. The molecule has 0 saturated carbocycles. The molecule has 4 rings (SSSR count). The van der Waals surface area contributed by atoms with E-state index in [9.17, 15) is 4.79 Å². The molecule has 26 heavy (non-hydrogen) atoms. The molecular formula is C20H15BrN4O. The summed E-state index contributed by atoms with van der Waals surface area (Å²) in [6, 6.07) is 19.2. The van der Waals surface area contributed by atoms with E-state index in [1.54, 1.807) is 23.0 Å². The molecule has 128 valence electrons. The van der Waals surface area contributed by atoms with Crippen LogP contribution in [0.1, 0.15) is 10.4 Å². The van der Waals surface area contributed by atoms with Crippen molar-refractivity contribution in [2.75, 3.05) is 5.32 Å². The van der Waals surface area contributed by atoms with Gasteiger partial charge in [-0.3, -0.25) is 14.5 Å². The molecule has 0 fully saturated rings. The zero-order valence-electron chi connectivity index (χ0n) is 14.0. The minimum Gasteiger partial charge on any atom is -0.307 e. The molecule has 0 unspecified atom stereocenters. The number of carbonyl (C=O) groups is 1. The summed E-state index contributed by atoms with van der Waals surface area (Å²) >= 11 is 3.40. The van der Waals surface area contributed by atoms with E-state index in [-0.39, 0.29) is 5.91 Å². The highest BCUT2D eigenvalue weighted by Gasteiger charge is 2.12. The Morgan fingerprint density at radius 3 is 2.69 bits per heavy atom. The largest absolute Gasteiger partial charge is 0.307 e. The van der Waals surface area contributed by atoms with Crippen molar-refractivity contribution in [3.05, 3.63) is 76.9 Å². The van der Waals surface area contributed by atoms with Crippen LogP contribution in [0.5, 0.6) is 0 Å². The lowest BCUT2D eigenvalue weighted by atomic mass is 10.1. The summed E-state index contributed by atoms with van der Waals surface area (Å²) < 4.78 is 2.57. The number of hydrogen-bond acceptors (Lipinski definition) is 3. The average molecular weight is 407 g/mol. The Kier molecular flexibility index (Phi) is 4.26. The van der Waals surface area contributed by atoms with Crippen LogP contribution < -0.4 is 5.32 Å². The molecule has 0 aliphatic carbocycles. The molecular weight excluding hydrogens is 392 g/mol. The molecule has 0 saturated heterocycles. The van der Waals surface area contributed by atoms with E-state index in [4.69, 9.17) is 0 Å². The predicted octanol–water partition coefficient (Wildman–Crippen LogP) is 4.65. The van der Waals surface area contributed by atoms with Crippen LogP contribution in [0, 0.1) is 0 Å². The number of anilines is 1. The molecule has 2 aromatic carbocycles. The van der Waals surface area contributed by atoms with Gasteiger partial charge >= 0.3 is 0 Å². The minimum absolute atomic E-state index is 0.195. The second kappa shape index (κ2) is 6.72. The molecule has 1 N–H and O–H groups in total. The van der Waals surface area contributed by atoms with Crippen molar-refractivity contribution in [1.82, 2.24) is 14.8 Å². The Balaban J connectivity index is 1.60. The lowest BCUT2D eigenvalue weighted by molar-refractivity contribution is 0.102. The van der Waals surface area contributed by atoms with Crippen molar-refractivity contribution in [2.45, 2.75) is 0 Å². The number of nitrogens with zero attached hydrogens (tertiary/aromatic N) is 3. The van der Waals surface area contributed by atoms with E-state index in [1.165, 1.54) is 0 Å².